The van der Waals surface area contributed by atoms with Crippen molar-refractivity contribution in [3.8, 4) is 0 Å². The molecule has 0 bridgehead atoms. The summed E-state index contributed by atoms with van der Waals surface area (Å²) in [6, 6.07) is 3.25. The Labute approximate surface area is 122 Å². The first kappa shape index (κ1) is 15.5. The number of aromatic nitrogens is 1. The quantitative estimate of drug-likeness (QED) is 0.250. The summed E-state index contributed by atoms with van der Waals surface area (Å²) in [4.78, 5) is 27.5. The van der Waals surface area contributed by atoms with Gasteiger partial charge in [-0.15, -0.1) is 0 Å². The van der Waals surface area contributed by atoms with Crippen molar-refractivity contribution in [3.63, 3.8) is 0 Å². The molecular weight excluding hydrogens is 241 g/mol. The summed E-state index contributed by atoms with van der Waals surface area (Å²) in [5.41, 5.74) is 1.06. The average Bonchev–Trinajstić information content (AvgIpc) is 2.39. The second-order valence-electron chi connectivity index (χ2n) is 3.85. The van der Waals surface area contributed by atoms with Gasteiger partial charge in [0.15, 0.2) is 5.78 Å². The van der Waals surface area contributed by atoms with Crippen molar-refractivity contribution in [1.29, 1.82) is 0 Å². The molecule has 1 aliphatic rings. The van der Waals surface area contributed by atoms with E-state index in [9.17, 15) is 14.7 Å². The Hall–Kier alpha value is -1.57. The van der Waals surface area contributed by atoms with Crippen molar-refractivity contribution in [3.05, 3.63) is 40.9 Å². The molecule has 0 saturated carbocycles. The molecule has 19 heavy (non-hydrogen) atoms. The molecule has 0 unspecified atom stereocenters. The fourth-order valence-electron chi connectivity index (χ4n) is 1.90. The number of hydrogen-bond donors (Lipinski definition) is 0. The molecule has 5 nitrogen and oxygen atoms in total. The molecule has 94 valence electrons. The van der Waals surface area contributed by atoms with Gasteiger partial charge in [-0.2, -0.15) is 0 Å². The van der Waals surface area contributed by atoms with E-state index in [1.165, 1.54) is 0 Å². The Bertz CT molecular complexity index is 539. The van der Waals surface area contributed by atoms with Crippen LogP contribution < -0.4 is 24.0 Å². The van der Waals surface area contributed by atoms with E-state index in [1.54, 1.807) is 25.3 Å². The minimum absolute atomic E-state index is 0. The van der Waals surface area contributed by atoms with E-state index < -0.39 is 17.5 Å². The topological polar surface area (TPSA) is 79.3 Å². The van der Waals surface area contributed by atoms with Gasteiger partial charge in [0.25, 0.3) is 0 Å². The molecule has 2 rings (SSSR count). The smallest absolute Gasteiger partial charge is 0.867 e. The fourth-order valence-corrected chi connectivity index (χ4v) is 1.90. The Morgan fingerprint density at radius 2 is 2.21 bits per heavy atom. The maximum atomic E-state index is 12.1. The number of ether oxygens (including phenoxy) is 1. The molecule has 0 N–H and O–H groups in total. The number of carbonyl (C=O) groups excluding carboxylic acids is 2. The van der Waals surface area contributed by atoms with E-state index >= 15 is 0 Å². The number of hydrogen-bond acceptors (Lipinski definition) is 5. The van der Waals surface area contributed by atoms with Crippen LogP contribution in [0.2, 0.25) is 0 Å². The molecule has 0 fully saturated rings. The fraction of sp³-hybridized carbons (Fsp3) is 0.308. The number of fused-ring (bicyclic) bond motifs is 1. The molecule has 0 amide bonds. The number of aryl methyl sites for hydroxylation is 1. The SMILES string of the molecule is CCOC(=O)C([O-])=C1CCc2ncccc2C1=O.[Li+]. The molecule has 0 aromatic carbocycles. The normalized spacial score (nSPS) is 16.2. The third-order valence-electron chi connectivity index (χ3n) is 2.76. The van der Waals surface area contributed by atoms with Gasteiger partial charge in [0, 0.05) is 11.8 Å². The van der Waals surface area contributed by atoms with Crippen LogP contribution in [0.15, 0.2) is 29.7 Å². The van der Waals surface area contributed by atoms with Crippen molar-refractivity contribution in [1.82, 2.24) is 4.98 Å². The number of Topliss-reactive ketones (excluding diaryl/α,β-unsaturated/α-hetero) is 1. The van der Waals surface area contributed by atoms with Gasteiger partial charge in [-0.1, -0.05) is 0 Å². The average molecular weight is 253 g/mol. The standard InChI is InChI=1S/C13H13NO4.Li/c1-2-18-13(17)12(16)9-5-6-10-8(11(9)15)4-3-7-14-10;/h3-4,7,16H,2,5-6H2,1H3;/q;+1/p-1. The third kappa shape index (κ3) is 3.06. The predicted octanol–water partition coefficient (Wildman–Crippen LogP) is -2.61. The molecule has 1 aromatic rings. The zero-order chi connectivity index (χ0) is 13.1. The number of ketones is 1. The van der Waals surface area contributed by atoms with Crippen molar-refractivity contribution in [2.45, 2.75) is 19.8 Å². The van der Waals surface area contributed by atoms with Gasteiger partial charge in [-0.05, 0) is 43.2 Å². The molecule has 0 spiro atoms. The Morgan fingerprint density at radius 3 is 2.89 bits per heavy atom. The van der Waals surface area contributed by atoms with Crippen LogP contribution in [0.5, 0.6) is 0 Å². The maximum Gasteiger partial charge on any atom is 1.00 e. The predicted molar refractivity (Wildman–Crippen MR) is 60.5 cm³/mol. The molecule has 0 saturated heterocycles. The van der Waals surface area contributed by atoms with Gasteiger partial charge in [0.05, 0.1) is 12.3 Å². The first-order chi connectivity index (χ1) is 8.65. The minimum Gasteiger partial charge on any atom is -0.867 e. The van der Waals surface area contributed by atoms with Crippen molar-refractivity contribution in [2.24, 2.45) is 0 Å². The van der Waals surface area contributed by atoms with Crippen LogP contribution in [0.1, 0.15) is 29.4 Å². The third-order valence-corrected chi connectivity index (χ3v) is 2.76. The van der Waals surface area contributed by atoms with Gasteiger partial charge < -0.3 is 9.84 Å². The van der Waals surface area contributed by atoms with E-state index in [1.807, 2.05) is 0 Å². The van der Waals surface area contributed by atoms with Gasteiger partial charge in [-0.3, -0.25) is 9.78 Å². The van der Waals surface area contributed by atoms with Crippen LogP contribution in [-0.4, -0.2) is 23.3 Å². The van der Waals surface area contributed by atoms with Crippen LogP contribution in [0.3, 0.4) is 0 Å². The first-order valence-corrected chi connectivity index (χ1v) is 5.71. The summed E-state index contributed by atoms with van der Waals surface area (Å²) >= 11 is 0. The molecule has 0 aliphatic heterocycles. The summed E-state index contributed by atoms with van der Waals surface area (Å²) in [5.74, 6) is -2.22. The largest absolute Gasteiger partial charge is 1.00 e. The summed E-state index contributed by atoms with van der Waals surface area (Å²) in [7, 11) is 0. The summed E-state index contributed by atoms with van der Waals surface area (Å²) in [6.45, 7) is 1.72. The van der Waals surface area contributed by atoms with Crippen molar-refractivity contribution < 1.29 is 38.3 Å². The van der Waals surface area contributed by atoms with E-state index in [2.05, 4.69) is 9.72 Å². The Balaban J connectivity index is 0.00000180. The molecular formula is C13H12LiNO4. The number of rotatable bonds is 2. The van der Waals surface area contributed by atoms with E-state index in [0.29, 0.717) is 17.7 Å². The summed E-state index contributed by atoms with van der Waals surface area (Å²) in [6.07, 6.45) is 2.33. The summed E-state index contributed by atoms with van der Waals surface area (Å²) < 4.78 is 4.62. The first-order valence-electron chi connectivity index (χ1n) is 5.71. The van der Waals surface area contributed by atoms with Crippen LogP contribution in [0.4, 0.5) is 0 Å². The minimum atomic E-state index is -0.965. The molecule has 0 atom stereocenters. The monoisotopic (exact) mass is 253 g/mol. The van der Waals surface area contributed by atoms with E-state index in [-0.39, 0.29) is 37.5 Å². The number of nitrogens with zero attached hydrogens (tertiary/aromatic N) is 1. The van der Waals surface area contributed by atoms with Gasteiger partial charge in [0.2, 0.25) is 0 Å². The van der Waals surface area contributed by atoms with Gasteiger partial charge >= 0.3 is 24.8 Å². The Kier molecular flexibility index (Phi) is 5.34. The van der Waals surface area contributed by atoms with Crippen LogP contribution in [0.25, 0.3) is 0 Å². The molecule has 1 aromatic heterocycles. The van der Waals surface area contributed by atoms with Crippen LogP contribution >= 0.6 is 0 Å². The van der Waals surface area contributed by atoms with Gasteiger partial charge in [-0.25, -0.2) is 4.79 Å². The number of allylic oxidation sites excluding steroid dienone is 1. The zero-order valence-electron chi connectivity index (χ0n) is 10.9. The van der Waals surface area contributed by atoms with Crippen LogP contribution in [-0.2, 0) is 16.0 Å². The van der Waals surface area contributed by atoms with Crippen molar-refractivity contribution >= 4 is 11.8 Å². The van der Waals surface area contributed by atoms with Crippen LogP contribution in [0, 0.1) is 0 Å². The van der Waals surface area contributed by atoms with Gasteiger partial charge in [0.1, 0.15) is 0 Å². The Morgan fingerprint density at radius 1 is 1.47 bits per heavy atom. The zero-order valence-corrected chi connectivity index (χ0v) is 10.9. The second-order valence-corrected chi connectivity index (χ2v) is 3.85. The maximum absolute atomic E-state index is 12.1. The summed E-state index contributed by atoms with van der Waals surface area (Å²) in [5, 5.41) is 11.8. The second kappa shape index (κ2) is 6.55. The molecule has 0 radical (unpaired) electrons. The van der Waals surface area contributed by atoms with Crippen molar-refractivity contribution in [2.75, 3.05) is 6.61 Å². The van der Waals surface area contributed by atoms with E-state index in [4.69, 9.17) is 0 Å². The number of esters is 1. The molecule has 1 heterocycles. The molecule has 1 aliphatic carbocycles. The molecule has 6 heteroatoms. The number of carbonyl (C=O) groups is 2. The van der Waals surface area contributed by atoms with E-state index in [0.717, 1.165) is 0 Å². The number of pyridine rings is 1.